The number of anilines is 2. The number of nitrogens with zero attached hydrogens (tertiary/aromatic N) is 5. The van der Waals surface area contributed by atoms with Gasteiger partial charge in [0.25, 0.3) is 0 Å². The van der Waals surface area contributed by atoms with Crippen molar-refractivity contribution in [2.45, 2.75) is 37.6 Å². The number of likely N-dealkylation sites (tertiary alicyclic amines) is 1. The first-order valence-corrected chi connectivity index (χ1v) is 9.44. The number of amides is 1. The van der Waals surface area contributed by atoms with Crippen molar-refractivity contribution < 1.29 is 19.1 Å². The van der Waals surface area contributed by atoms with E-state index in [0.717, 1.165) is 25.9 Å². The number of aliphatic carboxylic acids is 1. The molecule has 3 fully saturated rings. The van der Waals surface area contributed by atoms with Crippen molar-refractivity contribution in [2.75, 3.05) is 43.0 Å². The second kappa shape index (κ2) is 6.61. The van der Waals surface area contributed by atoms with Crippen LogP contribution in [0.15, 0.2) is 6.20 Å². The van der Waals surface area contributed by atoms with Crippen LogP contribution in [-0.2, 0) is 9.59 Å². The second-order valence-electron chi connectivity index (χ2n) is 7.67. The maximum atomic E-state index is 14.2. The Labute approximate surface area is 157 Å². The number of aromatic nitrogens is 2. The van der Waals surface area contributed by atoms with Gasteiger partial charge in [-0.3, -0.25) is 9.59 Å². The van der Waals surface area contributed by atoms with Gasteiger partial charge in [-0.2, -0.15) is 4.98 Å². The van der Waals surface area contributed by atoms with Crippen LogP contribution in [0.1, 0.15) is 32.1 Å². The molecule has 4 heterocycles. The highest BCUT2D eigenvalue weighted by molar-refractivity contribution is 5.88. The van der Waals surface area contributed by atoms with Crippen molar-refractivity contribution in [1.29, 1.82) is 0 Å². The van der Waals surface area contributed by atoms with Crippen molar-refractivity contribution >= 4 is 23.6 Å². The molecule has 4 rings (SSSR count). The van der Waals surface area contributed by atoms with Crippen LogP contribution >= 0.6 is 0 Å². The van der Waals surface area contributed by atoms with Gasteiger partial charge in [0.1, 0.15) is 0 Å². The maximum absolute atomic E-state index is 14.2. The van der Waals surface area contributed by atoms with Crippen molar-refractivity contribution in [3.05, 3.63) is 12.0 Å². The molecular weight excluding hydrogens is 353 g/mol. The van der Waals surface area contributed by atoms with E-state index in [1.807, 2.05) is 9.80 Å². The molecule has 0 bridgehead atoms. The Kier molecular flexibility index (Phi) is 4.39. The Morgan fingerprint density at radius 3 is 2.52 bits per heavy atom. The number of hydrogen-bond acceptors (Lipinski definition) is 6. The summed E-state index contributed by atoms with van der Waals surface area (Å²) in [6.07, 6.45) is 4.39. The summed E-state index contributed by atoms with van der Waals surface area (Å²) in [6, 6.07) is 0. The van der Waals surface area contributed by atoms with Gasteiger partial charge in [-0.05, 0) is 25.7 Å². The highest BCUT2D eigenvalue weighted by Gasteiger charge is 2.55. The van der Waals surface area contributed by atoms with Crippen LogP contribution in [0, 0.1) is 11.7 Å². The first kappa shape index (κ1) is 17.9. The predicted octanol–water partition coefficient (Wildman–Crippen LogP) is 1.12. The standard InChI is InChI=1S/C18H24FN5O3/c1-22-14(25)10-12(16(26)27)18(22)4-8-24(9-5-18)17-20-11-13(19)15(21-17)23-6-2-3-7-23/h11-12H,2-10H2,1H3,(H,26,27)/t12-/m1/s1. The monoisotopic (exact) mass is 377 g/mol. The third-order valence-corrected chi connectivity index (χ3v) is 6.40. The summed E-state index contributed by atoms with van der Waals surface area (Å²) >= 11 is 0. The highest BCUT2D eigenvalue weighted by atomic mass is 19.1. The van der Waals surface area contributed by atoms with Crippen molar-refractivity contribution in [3.63, 3.8) is 0 Å². The molecule has 0 aromatic carbocycles. The van der Waals surface area contributed by atoms with Crippen LogP contribution in [-0.4, -0.2) is 70.6 Å². The molecular formula is C18H24FN5O3. The van der Waals surface area contributed by atoms with Gasteiger partial charge in [0.05, 0.1) is 17.7 Å². The SMILES string of the molecule is CN1C(=O)C[C@H](C(=O)O)C12CCN(c1ncc(F)c(N3CCCC3)n1)CC2. The molecule has 0 saturated carbocycles. The lowest BCUT2D eigenvalue weighted by atomic mass is 9.77. The highest BCUT2D eigenvalue weighted by Crippen LogP contribution is 2.43. The Morgan fingerprint density at radius 1 is 1.22 bits per heavy atom. The van der Waals surface area contributed by atoms with Crippen molar-refractivity contribution in [3.8, 4) is 0 Å². The fraction of sp³-hybridized carbons (Fsp3) is 0.667. The fourth-order valence-electron chi connectivity index (χ4n) is 4.73. The van der Waals surface area contributed by atoms with Crippen LogP contribution in [0.3, 0.4) is 0 Å². The zero-order chi connectivity index (χ0) is 19.2. The summed E-state index contributed by atoms with van der Waals surface area (Å²) in [5.41, 5.74) is -0.656. The van der Waals surface area contributed by atoms with E-state index < -0.39 is 23.2 Å². The fourth-order valence-corrected chi connectivity index (χ4v) is 4.73. The van der Waals surface area contributed by atoms with Crippen LogP contribution in [0.25, 0.3) is 0 Å². The number of rotatable bonds is 3. The predicted molar refractivity (Wildman–Crippen MR) is 96.1 cm³/mol. The van der Waals surface area contributed by atoms with Gasteiger partial charge in [0.2, 0.25) is 11.9 Å². The van der Waals surface area contributed by atoms with E-state index in [1.165, 1.54) is 6.20 Å². The summed E-state index contributed by atoms with van der Waals surface area (Å²) in [5.74, 6) is -1.34. The molecule has 1 N–H and O–H groups in total. The average molecular weight is 377 g/mol. The Morgan fingerprint density at radius 2 is 1.89 bits per heavy atom. The first-order valence-electron chi connectivity index (χ1n) is 9.44. The summed E-state index contributed by atoms with van der Waals surface area (Å²) in [6.45, 7) is 2.66. The normalized spacial score (nSPS) is 24.9. The molecule has 1 aromatic rings. The van der Waals surface area contributed by atoms with Crippen LogP contribution < -0.4 is 9.80 Å². The number of carbonyl (C=O) groups excluding carboxylic acids is 1. The van der Waals surface area contributed by atoms with E-state index in [1.54, 1.807) is 11.9 Å². The minimum Gasteiger partial charge on any atom is -0.481 e. The summed E-state index contributed by atoms with van der Waals surface area (Å²) in [7, 11) is 1.70. The number of carboxylic acid groups (broad SMARTS) is 1. The van der Waals surface area contributed by atoms with E-state index >= 15 is 0 Å². The smallest absolute Gasteiger partial charge is 0.309 e. The largest absolute Gasteiger partial charge is 0.481 e. The molecule has 1 amide bonds. The number of piperidine rings is 1. The van der Waals surface area contributed by atoms with Gasteiger partial charge < -0.3 is 19.8 Å². The molecule has 0 radical (unpaired) electrons. The number of carboxylic acids is 1. The van der Waals surface area contributed by atoms with E-state index in [4.69, 9.17) is 0 Å². The molecule has 1 atom stereocenters. The summed E-state index contributed by atoms with van der Waals surface area (Å²) in [5, 5.41) is 9.57. The zero-order valence-electron chi connectivity index (χ0n) is 15.4. The summed E-state index contributed by atoms with van der Waals surface area (Å²) < 4.78 is 14.2. The van der Waals surface area contributed by atoms with Crippen LogP contribution in [0.5, 0.6) is 0 Å². The van der Waals surface area contributed by atoms with Crippen molar-refractivity contribution in [2.24, 2.45) is 5.92 Å². The lowest BCUT2D eigenvalue weighted by Gasteiger charge is -2.45. The van der Waals surface area contributed by atoms with E-state index in [2.05, 4.69) is 9.97 Å². The Bertz CT molecular complexity index is 759. The minimum atomic E-state index is -0.921. The first-order chi connectivity index (χ1) is 12.9. The van der Waals surface area contributed by atoms with E-state index in [0.29, 0.717) is 37.7 Å². The van der Waals surface area contributed by atoms with Crippen molar-refractivity contribution in [1.82, 2.24) is 14.9 Å². The molecule has 0 aliphatic carbocycles. The minimum absolute atomic E-state index is 0.0536. The molecule has 3 saturated heterocycles. The molecule has 3 aliphatic heterocycles. The molecule has 0 unspecified atom stereocenters. The molecule has 1 aromatic heterocycles. The number of halogens is 1. The quantitative estimate of drug-likeness (QED) is 0.844. The molecule has 27 heavy (non-hydrogen) atoms. The third-order valence-electron chi connectivity index (χ3n) is 6.40. The average Bonchev–Trinajstić information content (AvgIpc) is 3.27. The molecule has 146 valence electrons. The zero-order valence-corrected chi connectivity index (χ0v) is 15.4. The van der Waals surface area contributed by atoms with E-state index in [9.17, 15) is 19.1 Å². The van der Waals surface area contributed by atoms with E-state index in [-0.39, 0.29) is 12.3 Å². The van der Waals surface area contributed by atoms with Gasteiger partial charge in [-0.15, -0.1) is 0 Å². The second-order valence-corrected chi connectivity index (χ2v) is 7.67. The van der Waals surface area contributed by atoms with Gasteiger partial charge in [-0.25, -0.2) is 9.37 Å². The van der Waals surface area contributed by atoms with Crippen LogP contribution in [0.2, 0.25) is 0 Å². The Balaban J connectivity index is 1.53. The molecule has 9 heteroatoms. The molecule has 8 nitrogen and oxygen atoms in total. The van der Waals surface area contributed by atoms with Gasteiger partial charge in [-0.1, -0.05) is 0 Å². The number of hydrogen-bond donors (Lipinski definition) is 1. The third kappa shape index (κ3) is 2.89. The lowest BCUT2D eigenvalue weighted by molar-refractivity contribution is -0.145. The molecule has 1 spiro atoms. The van der Waals surface area contributed by atoms with Gasteiger partial charge in [0.15, 0.2) is 11.6 Å². The lowest BCUT2D eigenvalue weighted by Crippen LogP contribution is -2.56. The summed E-state index contributed by atoms with van der Waals surface area (Å²) in [4.78, 5) is 37.9. The van der Waals surface area contributed by atoms with Gasteiger partial charge in [0, 0.05) is 39.6 Å². The molecule has 3 aliphatic rings. The topological polar surface area (TPSA) is 89.9 Å². The maximum Gasteiger partial charge on any atom is 0.309 e. The Hall–Kier alpha value is -2.45. The van der Waals surface area contributed by atoms with Gasteiger partial charge >= 0.3 is 5.97 Å². The number of carbonyl (C=O) groups is 2. The van der Waals surface area contributed by atoms with Crippen LogP contribution in [0.4, 0.5) is 16.2 Å².